The molecule has 0 amide bonds. The Labute approximate surface area is 119 Å². The zero-order chi connectivity index (χ0) is 14.5. The Morgan fingerprint density at radius 2 is 2.25 bits per heavy atom. The molecule has 2 aromatic rings. The molecule has 1 aromatic carbocycles. The molecule has 100 valence electrons. The molecule has 0 aliphatic carbocycles. The fraction of sp³-hybridized carbons (Fsp3) is 0.0769. The fourth-order valence-electron chi connectivity index (χ4n) is 1.57. The van der Waals surface area contributed by atoms with E-state index in [1.54, 1.807) is 12.1 Å². The zero-order valence-electron chi connectivity index (χ0n) is 10.1. The first-order valence-electron chi connectivity index (χ1n) is 5.52. The Kier molecular flexibility index (Phi) is 4.13. The largest absolute Gasteiger partial charge is 0.482 e. The van der Waals surface area contributed by atoms with E-state index in [9.17, 15) is 10.1 Å². The molecule has 0 saturated heterocycles. The summed E-state index contributed by atoms with van der Waals surface area (Å²) in [5.74, 6) is 0.0512. The number of aromatic nitrogens is 1. The van der Waals surface area contributed by atoms with Crippen molar-refractivity contribution in [2.24, 2.45) is 0 Å². The van der Waals surface area contributed by atoms with E-state index in [1.807, 2.05) is 6.07 Å². The molecule has 20 heavy (non-hydrogen) atoms. The first kappa shape index (κ1) is 13.8. The van der Waals surface area contributed by atoms with Crippen LogP contribution in [-0.4, -0.2) is 9.91 Å². The van der Waals surface area contributed by atoms with Gasteiger partial charge in [0.2, 0.25) is 0 Å². The predicted molar refractivity (Wildman–Crippen MR) is 71.4 cm³/mol. The van der Waals surface area contributed by atoms with Gasteiger partial charge in [-0.2, -0.15) is 5.26 Å². The minimum absolute atomic E-state index is 0.00207. The summed E-state index contributed by atoms with van der Waals surface area (Å²) in [6.45, 7) is -0.00207. The van der Waals surface area contributed by atoms with E-state index in [2.05, 4.69) is 4.98 Å². The molecular weight excluding hydrogens is 282 g/mol. The second-order valence-electron chi connectivity index (χ2n) is 3.78. The second-order valence-corrected chi connectivity index (χ2v) is 4.22. The van der Waals surface area contributed by atoms with Crippen LogP contribution < -0.4 is 4.74 Å². The highest BCUT2D eigenvalue weighted by Crippen LogP contribution is 2.30. The fourth-order valence-corrected chi connectivity index (χ4v) is 1.73. The number of hydrogen-bond acceptors (Lipinski definition) is 5. The lowest BCUT2D eigenvalue weighted by atomic mass is 10.2. The van der Waals surface area contributed by atoms with Gasteiger partial charge in [0, 0.05) is 28.9 Å². The molecule has 0 aliphatic heterocycles. The summed E-state index contributed by atoms with van der Waals surface area (Å²) >= 11 is 5.79. The predicted octanol–water partition coefficient (Wildman–Crippen LogP) is 3.09. The van der Waals surface area contributed by atoms with Crippen LogP contribution in [0, 0.1) is 21.4 Å². The quantitative estimate of drug-likeness (QED) is 0.637. The molecule has 0 atom stereocenters. The molecule has 7 heteroatoms. The number of pyridine rings is 1. The average molecular weight is 290 g/mol. The summed E-state index contributed by atoms with van der Waals surface area (Å²) in [7, 11) is 0. The lowest BCUT2D eigenvalue weighted by molar-refractivity contribution is -0.385. The van der Waals surface area contributed by atoms with Crippen molar-refractivity contribution in [1.29, 1.82) is 5.26 Å². The average Bonchev–Trinajstić information content (AvgIpc) is 2.45. The monoisotopic (exact) mass is 289 g/mol. The topological polar surface area (TPSA) is 89.0 Å². The number of halogens is 1. The van der Waals surface area contributed by atoms with Gasteiger partial charge in [-0.15, -0.1) is 0 Å². The number of nitro groups is 1. The number of rotatable bonds is 4. The Morgan fingerprint density at radius 3 is 2.95 bits per heavy atom. The first-order valence-corrected chi connectivity index (χ1v) is 5.90. The van der Waals surface area contributed by atoms with Crippen molar-refractivity contribution in [2.45, 2.75) is 6.61 Å². The molecule has 0 unspecified atom stereocenters. The summed E-state index contributed by atoms with van der Waals surface area (Å²) < 4.78 is 5.39. The molecule has 6 nitrogen and oxygen atoms in total. The molecular formula is C13H8ClN3O3. The Balaban J connectivity index is 2.25. The van der Waals surface area contributed by atoms with Gasteiger partial charge >= 0.3 is 5.69 Å². The van der Waals surface area contributed by atoms with Crippen LogP contribution in [0.1, 0.15) is 11.3 Å². The highest BCUT2D eigenvalue weighted by molar-refractivity contribution is 6.30. The van der Waals surface area contributed by atoms with Crippen LogP contribution in [0.3, 0.4) is 0 Å². The molecule has 0 radical (unpaired) electrons. The van der Waals surface area contributed by atoms with Crippen LogP contribution in [0.15, 0.2) is 36.5 Å². The smallest absolute Gasteiger partial charge is 0.311 e. The SMILES string of the molecule is N#Cc1ncccc1COc1cc(Cl)ccc1[N+](=O)[O-]. The molecule has 1 aromatic heterocycles. The van der Waals surface area contributed by atoms with Gasteiger partial charge in [-0.1, -0.05) is 17.7 Å². The van der Waals surface area contributed by atoms with Crippen LogP contribution >= 0.6 is 11.6 Å². The van der Waals surface area contributed by atoms with E-state index in [0.29, 0.717) is 10.6 Å². The van der Waals surface area contributed by atoms with E-state index >= 15 is 0 Å². The van der Waals surface area contributed by atoms with Crippen LogP contribution in [0.5, 0.6) is 5.75 Å². The number of nitriles is 1. The Hall–Kier alpha value is -2.65. The third-order valence-electron chi connectivity index (χ3n) is 2.50. The number of nitrogens with zero attached hydrogens (tertiary/aromatic N) is 3. The molecule has 0 saturated carbocycles. The number of ether oxygens (including phenoxy) is 1. The van der Waals surface area contributed by atoms with Crippen molar-refractivity contribution in [3.63, 3.8) is 0 Å². The molecule has 0 spiro atoms. The number of benzene rings is 1. The van der Waals surface area contributed by atoms with Gasteiger partial charge in [0.05, 0.1) is 4.92 Å². The molecule has 0 aliphatic rings. The van der Waals surface area contributed by atoms with E-state index in [0.717, 1.165) is 0 Å². The number of nitro benzene ring substituents is 1. The van der Waals surface area contributed by atoms with Gasteiger partial charge in [0.25, 0.3) is 0 Å². The van der Waals surface area contributed by atoms with Crippen molar-refractivity contribution in [3.8, 4) is 11.8 Å². The van der Waals surface area contributed by atoms with Gasteiger partial charge in [0.1, 0.15) is 18.4 Å². The van der Waals surface area contributed by atoms with Crippen LogP contribution in [0.2, 0.25) is 5.02 Å². The minimum atomic E-state index is -0.555. The zero-order valence-corrected chi connectivity index (χ0v) is 10.9. The molecule has 0 N–H and O–H groups in total. The van der Waals surface area contributed by atoms with Crippen molar-refractivity contribution in [1.82, 2.24) is 4.98 Å². The van der Waals surface area contributed by atoms with Gasteiger partial charge in [-0.05, 0) is 12.1 Å². The van der Waals surface area contributed by atoms with Crippen molar-refractivity contribution >= 4 is 17.3 Å². The first-order chi connectivity index (χ1) is 9.61. The van der Waals surface area contributed by atoms with Gasteiger partial charge in [-0.25, -0.2) is 4.98 Å². The summed E-state index contributed by atoms with van der Waals surface area (Å²) in [5, 5.41) is 20.1. The van der Waals surface area contributed by atoms with E-state index in [-0.39, 0.29) is 23.7 Å². The second kappa shape index (κ2) is 5.99. The summed E-state index contributed by atoms with van der Waals surface area (Å²) in [6, 6.07) is 9.30. The van der Waals surface area contributed by atoms with Crippen LogP contribution in [0.4, 0.5) is 5.69 Å². The molecule has 1 heterocycles. The van der Waals surface area contributed by atoms with E-state index in [1.165, 1.54) is 24.4 Å². The lowest BCUT2D eigenvalue weighted by Gasteiger charge is -2.07. The molecule has 2 rings (SSSR count). The maximum absolute atomic E-state index is 10.9. The van der Waals surface area contributed by atoms with Crippen LogP contribution in [-0.2, 0) is 6.61 Å². The van der Waals surface area contributed by atoms with Gasteiger partial charge < -0.3 is 4.74 Å². The highest BCUT2D eigenvalue weighted by atomic mass is 35.5. The maximum atomic E-state index is 10.9. The highest BCUT2D eigenvalue weighted by Gasteiger charge is 2.16. The van der Waals surface area contributed by atoms with Crippen molar-refractivity contribution < 1.29 is 9.66 Å². The summed E-state index contributed by atoms with van der Waals surface area (Å²) in [6.07, 6.45) is 1.49. The minimum Gasteiger partial charge on any atom is -0.482 e. The lowest BCUT2D eigenvalue weighted by Crippen LogP contribution is -2.02. The van der Waals surface area contributed by atoms with Crippen molar-refractivity contribution in [2.75, 3.05) is 0 Å². The summed E-state index contributed by atoms with van der Waals surface area (Å²) in [5.41, 5.74) is 0.582. The van der Waals surface area contributed by atoms with Crippen LogP contribution in [0.25, 0.3) is 0 Å². The molecule has 0 bridgehead atoms. The van der Waals surface area contributed by atoms with Gasteiger partial charge in [-0.3, -0.25) is 10.1 Å². The molecule has 0 fully saturated rings. The Bertz CT molecular complexity index is 698. The third-order valence-corrected chi connectivity index (χ3v) is 2.73. The third kappa shape index (κ3) is 3.02. The summed E-state index contributed by atoms with van der Waals surface area (Å²) in [4.78, 5) is 14.2. The van der Waals surface area contributed by atoms with Gasteiger partial charge in [0.15, 0.2) is 5.75 Å². The standard InChI is InChI=1S/C13H8ClN3O3/c14-10-3-4-12(17(18)19)13(6-10)20-8-9-2-1-5-16-11(9)7-15/h1-6H,8H2. The normalized spacial score (nSPS) is 9.80. The Morgan fingerprint density at radius 1 is 1.45 bits per heavy atom. The van der Waals surface area contributed by atoms with E-state index in [4.69, 9.17) is 21.6 Å². The maximum Gasteiger partial charge on any atom is 0.311 e. The van der Waals surface area contributed by atoms with E-state index < -0.39 is 4.92 Å². The number of hydrogen-bond donors (Lipinski definition) is 0. The van der Waals surface area contributed by atoms with Crippen molar-refractivity contribution in [3.05, 3.63) is 62.9 Å².